The molecule has 3 heterocycles. The van der Waals surface area contributed by atoms with E-state index in [0.717, 1.165) is 16.8 Å². The summed E-state index contributed by atoms with van der Waals surface area (Å²) in [4.78, 5) is 18.4. The number of nitrogens with zero attached hydrogens (tertiary/aromatic N) is 3. The highest BCUT2D eigenvalue weighted by molar-refractivity contribution is 5.78. The number of carbonyl (C=O) groups excluding carboxylic acids is 1. The molecule has 25 heavy (non-hydrogen) atoms. The Morgan fingerprint density at radius 1 is 1.36 bits per heavy atom. The largest absolute Gasteiger partial charge is 0.467 e. The third kappa shape index (κ3) is 3.75. The molecule has 1 fully saturated rings. The van der Waals surface area contributed by atoms with Crippen molar-refractivity contribution in [2.45, 2.75) is 39.4 Å². The second kappa shape index (κ2) is 6.98. The van der Waals surface area contributed by atoms with Crippen LogP contribution in [0.2, 0.25) is 0 Å². The highest BCUT2D eigenvalue weighted by atomic mass is 16.5. The number of nitriles is 1. The van der Waals surface area contributed by atoms with Crippen molar-refractivity contribution in [3.05, 3.63) is 22.4 Å². The maximum Gasteiger partial charge on any atom is 0.260 e. The Balaban J connectivity index is 1.81. The van der Waals surface area contributed by atoms with E-state index in [2.05, 4.69) is 11.1 Å². The molecule has 1 aromatic rings. The quantitative estimate of drug-likeness (QED) is 0.822. The van der Waals surface area contributed by atoms with Gasteiger partial charge in [-0.15, -0.1) is 0 Å². The van der Waals surface area contributed by atoms with E-state index in [0.29, 0.717) is 44.9 Å². The average Bonchev–Trinajstić information content (AvgIpc) is 2.59. The second-order valence-electron chi connectivity index (χ2n) is 6.95. The van der Waals surface area contributed by atoms with Crippen LogP contribution in [0.25, 0.3) is 0 Å². The fraction of sp³-hybridized carbons (Fsp3) is 0.611. The fourth-order valence-corrected chi connectivity index (χ4v) is 3.16. The number of carbonyl (C=O) groups is 1. The van der Waals surface area contributed by atoms with Gasteiger partial charge in [-0.1, -0.05) is 0 Å². The van der Waals surface area contributed by atoms with Gasteiger partial charge in [0.05, 0.1) is 25.4 Å². The van der Waals surface area contributed by atoms with Crippen molar-refractivity contribution in [3.8, 4) is 11.9 Å². The van der Waals surface area contributed by atoms with E-state index in [4.69, 9.17) is 14.2 Å². The predicted octanol–water partition coefficient (Wildman–Crippen LogP) is 1.35. The molecular weight excluding hydrogens is 322 g/mol. The average molecular weight is 345 g/mol. The molecule has 2 aliphatic rings. The Kier molecular flexibility index (Phi) is 4.93. The number of ether oxygens (including phenoxy) is 3. The maximum atomic E-state index is 12.3. The van der Waals surface area contributed by atoms with Crippen LogP contribution in [-0.2, 0) is 27.3 Å². The van der Waals surface area contributed by atoms with Crippen LogP contribution in [0, 0.1) is 18.3 Å². The minimum atomic E-state index is -0.340. The molecule has 3 rings (SSSR count). The predicted molar refractivity (Wildman–Crippen MR) is 89.2 cm³/mol. The van der Waals surface area contributed by atoms with Crippen molar-refractivity contribution in [2.24, 2.45) is 0 Å². The molecule has 0 aromatic carbocycles. The van der Waals surface area contributed by atoms with E-state index in [1.54, 1.807) is 4.90 Å². The number of aryl methyl sites for hydroxylation is 1. The molecule has 0 saturated carbocycles. The van der Waals surface area contributed by atoms with Crippen LogP contribution in [0.15, 0.2) is 0 Å². The highest BCUT2D eigenvalue weighted by Crippen LogP contribution is 2.34. The van der Waals surface area contributed by atoms with Gasteiger partial charge in [0.1, 0.15) is 11.6 Å². The molecule has 0 spiro atoms. The van der Waals surface area contributed by atoms with Gasteiger partial charge in [-0.25, -0.2) is 4.98 Å². The molecule has 0 radical (unpaired) electrons. The first-order chi connectivity index (χ1) is 11.9. The Hall–Kier alpha value is -2.17. The van der Waals surface area contributed by atoms with Gasteiger partial charge in [-0.05, 0) is 26.3 Å². The zero-order valence-corrected chi connectivity index (χ0v) is 14.9. The molecule has 0 N–H and O–H groups in total. The molecular formula is C18H23N3O4. The summed E-state index contributed by atoms with van der Waals surface area (Å²) in [5.41, 5.74) is 2.71. The first kappa shape index (κ1) is 17.6. The number of rotatable bonds is 3. The van der Waals surface area contributed by atoms with Gasteiger partial charge in [-0.3, -0.25) is 4.79 Å². The Labute approximate surface area is 147 Å². The third-order valence-corrected chi connectivity index (χ3v) is 4.60. The summed E-state index contributed by atoms with van der Waals surface area (Å²) in [7, 11) is 0. The summed E-state index contributed by atoms with van der Waals surface area (Å²) in [6.45, 7) is 8.39. The molecule has 134 valence electrons. The van der Waals surface area contributed by atoms with E-state index >= 15 is 0 Å². The van der Waals surface area contributed by atoms with Gasteiger partial charge < -0.3 is 19.1 Å². The number of fused-ring (bicyclic) bond motifs is 1. The van der Waals surface area contributed by atoms with Crippen LogP contribution in [0.3, 0.4) is 0 Å². The lowest BCUT2D eigenvalue weighted by Gasteiger charge is -2.33. The maximum absolute atomic E-state index is 12.3. The third-order valence-electron chi connectivity index (χ3n) is 4.60. The van der Waals surface area contributed by atoms with Gasteiger partial charge in [0, 0.05) is 30.8 Å². The first-order valence-electron chi connectivity index (χ1n) is 8.46. The van der Waals surface area contributed by atoms with Gasteiger partial charge >= 0.3 is 0 Å². The van der Waals surface area contributed by atoms with Gasteiger partial charge in [0.15, 0.2) is 6.61 Å². The second-order valence-corrected chi connectivity index (χ2v) is 6.95. The molecule has 1 saturated heterocycles. The lowest BCUT2D eigenvalue weighted by molar-refractivity contribution is -0.137. The van der Waals surface area contributed by atoms with Crippen molar-refractivity contribution in [1.29, 1.82) is 5.26 Å². The number of pyridine rings is 1. The molecule has 1 aromatic heterocycles. The van der Waals surface area contributed by atoms with Crippen LogP contribution in [0.5, 0.6) is 5.88 Å². The van der Waals surface area contributed by atoms with Crippen LogP contribution in [0.4, 0.5) is 0 Å². The number of hydrogen-bond donors (Lipinski definition) is 0. The van der Waals surface area contributed by atoms with Crippen LogP contribution in [-0.4, -0.2) is 54.3 Å². The van der Waals surface area contributed by atoms with E-state index in [1.165, 1.54) is 0 Å². The lowest BCUT2D eigenvalue weighted by Crippen LogP contribution is -2.43. The van der Waals surface area contributed by atoms with Gasteiger partial charge in [0.2, 0.25) is 5.88 Å². The normalized spacial score (nSPS) is 19.0. The SMILES string of the molecule is Cc1nc(OCC(=O)N2CCOCC2)c(C#N)c2c1COC(C)(C)C2. The first-order valence-corrected chi connectivity index (χ1v) is 8.46. The Morgan fingerprint density at radius 3 is 2.76 bits per heavy atom. The summed E-state index contributed by atoms with van der Waals surface area (Å²) in [6, 6.07) is 2.20. The van der Waals surface area contributed by atoms with Crippen LogP contribution < -0.4 is 4.74 Å². The molecule has 2 aliphatic heterocycles. The standard InChI is InChI=1S/C18H23N3O4/c1-12-15-10-25-18(2,3)8-13(15)14(9-19)17(20-12)24-11-16(22)21-4-6-23-7-5-21/h4-8,10-11H2,1-3H3. The van der Waals surface area contributed by atoms with Gasteiger partial charge in [0.25, 0.3) is 5.91 Å². The van der Waals surface area contributed by atoms with Gasteiger partial charge in [-0.2, -0.15) is 5.26 Å². The van der Waals surface area contributed by atoms with Crippen molar-refractivity contribution < 1.29 is 19.0 Å². The monoisotopic (exact) mass is 345 g/mol. The van der Waals surface area contributed by atoms with Crippen LogP contribution >= 0.6 is 0 Å². The van der Waals surface area contributed by atoms with Crippen molar-refractivity contribution in [1.82, 2.24) is 9.88 Å². The minimum absolute atomic E-state index is 0.118. The zero-order chi connectivity index (χ0) is 18.0. The summed E-state index contributed by atoms with van der Waals surface area (Å²) in [6.07, 6.45) is 0.613. The fourth-order valence-electron chi connectivity index (χ4n) is 3.16. The lowest BCUT2D eigenvalue weighted by atomic mass is 9.88. The van der Waals surface area contributed by atoms with E-state index in [-0.39, 0.29) is 24.0 Å². The van der Waals surface area contributed by atoms with E-state index in [9.17, 15) is 10.1 Å². The Bertz CT molecular complexity index is 718. The number of aromatic nitrogens is 1. The number of hydrogen-bond acceptors (Lipinski definition) is 6. The van der Waals surface area contributed by atoms with Crippen molar-refractivity contribution >= 4 is 5.91 Å². The number of amides is 1. The summed E-state index contributed by atoms with van der Waals surface area (Å²) >= 11 is 0. The van der Waals surface area contributed by atoms with Crippen molar-refractivity contribution in [2.75, 3.05) is 32.9 Å². The molecule has 1 amide bonds. The van der Waals surface area contributed by atoms with Crippen LogP contribution in [0.1, 0.15) is 36.2 Å². The zero-order valence-electron chi connectivity index (χ0n) is 14.9. The number of morpholine rings is 1. The summed E-state index contributed by atoms with van der Waals surface area (Å²) in [5, 5.41) is 9.63. The molecule has 7 heteroatoms. The highest BCUT2D eigenvalue weighted by Gasteiger charge is 2.31. The van der Waals surface area contributed by atoms with Crippen molar-refractivity contribution in [3.63, 3.8) is 0 Å². The smallest absolute Gasteiger partial charge is 0.260 e. The summed E-state index contributed by atoms with van der Waals surface area (Å²) < 4.78 is 16.7. The summed E-state index contributed by atoms with van der Waals surface area (Å²) in [5.74, 6) is 0.117. The Morgan fingerprint density at radius 2 is 2.08 bits per heavy atom. The molecule has 7 nitrogen and oxygen atoms in total. The van der Waals surface area contributed by atoms with E-state index < -0.39 is 0 Å². The topological polar surface area (TPSA) is 84.7 Å². The molecule has 0 atom stereocenters. The minimum Gasteiger partial charge on any atom is -0.467 e. The molecule has 0 bridgehead atoms. The van der Waals surface area contributed by atoms with E-state index in [1.807, 2.05) is 20.8 Å². The molecule has 0 aliphatic carbocycles. The molecule has 0 unspecified atom stereocenters.